The van der Waals surface area contributed by atoms with E-state index in [1.165, 1.54) is 210 Å². The number of hydrogen-bond donors (Lipinski definition) is 1. The van der Waals surface area contributed by atoms with E-state index < -0.39 is 0 Å². The van der Waals surface area contributed by atoms with Gasteiger partial charge in [0.1, 0.15) is 0 Å². The van der Waals surface area contributed by atoms with Crippen molar-refractivity contribution in [3.05, 3.63) is 0 Å². The largest absolute Gasteiger partial charge is 1.00 e. The SMILES string of the molecule is CCCCCCCCCCCCCCCC[N+](CC)(CC)CCCCCCCCCCCCCCCC.C[NH2+]C.[Cl-].[Cl-]. The smallest absolute Gasteiger partial charge is 0.0786 e. The van der Waals surface area contributed by atoms with Crippen LogP contribution >= 0.6 is 0 Å². The highest BCUT2D eigenvalue weighted by atomic mass is 35.5. The van der Waals surface area contributed by atoms with E-state index in [1.807, 2.05) is 19.4 Å². The van der Waals surface area contributed by atoms with Gasteiger partial charge in [0.25, 0.3) is 0 Å². The molecular weight excluding hydrogens is 555 g/mol. The molecule has 0 saturated carbocycles. The molecule has 0 fully saturated rings. The summed E-state index contributed by atoms with van der Waals surface area (Å²) in [5.41, 5.74) is 0. The Morgan fingerprint density at radius 2 is 0.476 bits per heavy atom. The average Bonchev–Trinajstić information content (AvgIpc) is 2.97. The van der Waals surface area contributed by atoms with Crippen LogP contribution in [0.2, 0.25) is 0 Å². The van der Waals surface area contributed by atoms with E-state index in [2.05, 4.69) is 27.7 Å². The minimum Gasteiger partial charge on any atom is -1.00 e. The van der Waals surface area contributed by atoms with Crippen LogP contribution < -0.4 is 30.1 Å². The number of hydrogen-bond acceptors (Lipinski definition) is 0. The first-order chi connectivity index (χ1) is 19.7. The van der Waals surface area contributed by atoms with Crippen molar-refractivity contribution >= 4 is 0 Å². The molecule has 2 N–H and O–H groups in total. The van der Waals surface area contributed by atoms with Crippen molar-refractivity contribution in [1.82, 2.24) is 0 Å². The van der Waals surface area contributed by atoms with E-state index >= 15 is 0 Å². The van der Waals surface area contributed by atoms with Crippen LogP contribution in [0.4, 0.5) is 0 Å². The maximum Gasteiger partial charge on any atom is 0.0786 e. The highest BCUT2D eigenvalue weighted by Gasteiger charge is 2.21. The van der Waals surface area contributed by atoms with Gasteiger partial charge in [-0.05, 0) is 39.5 Å². The number of quaternary nitrogens is 2. The van der Waals surface area contributed by atoms with Gasteiger partial charge in [0.2, 0.25) is 0 Å². The van der Waals surface area contributed by atoms with Crippen LogP contribution in [-0.4, -0.2) is 44.8 Å². The van der Waals surface area contributed by atoms with E-state index in [4.69, 9.17) is 0 Å². The van der Waals surface area contributed by atoms with E-state index in [0.29, 0.717) is 0 Å². The zero-order chi connectivity index (χ0) is 29.8. The average molecular weight is 640 g/mol. The minimum absolute atomic E-state index is 0. The Morgan fingerprint density at radius 3 is 0.643 bits per heavy atom. The molecule has 0 spiro atoms. The van der Waals surface area contributed by atoms with Gasteiger partial charge in [-0.3, -0.25) is 0 Å². The Balaban J connectivity index is -0.00000138. The van der Waals surface area contributed by atoms with Gasteiger partial charge in [-0.1, -0.05) is 168 Å². The van der Waals surface area contributed by atoms with Crippen LogP contribution in [0.3, 0.4) is 0 Å². The predicted octanol–water partition coefficient (Wildman–Crippen LogP) is 5.62. The fraction of sp³-hybridized carbons (Fsp3) is 1.00. The Hall–Kier alpha value is 0.500. The van der Waals surface area contributed by atoms with Gasteiger partial charge in [-0.25, -0.2) is 0 Å². The van der Waals surface area contributed by atoms with Gasteiger partial charge >= 0.3 is 0 Å². The molecule has 0 heterocycles. The van der Waals surface area contributed by atoms with Crippen LogP contribution in [0.25, 0.3) is 0 Å². The molecule has 0 atom stereocenters. The molecular formula is C38H84Cl2N2. The molecule has 0 aliphatic rings. The lowest BCUT2D eigenvalue weighted by molar-refractivity contribution is -0.925. The maximum absolute atomic E-state index is 2.44. The first kappa shape index (κ1) is 49.4. The van der Waals surface area contributed by atoms with Gasteiger partial charge < -0.3 is 34.6 Å². The van der Waals surface area contributed by atoms with Gasteiger partial charge in [-0.2, -0.15) is 0 Å². The van der Waals surface area contributed by atoms with E-state index in [-0.39, 0.29) is 24.8 Å². The van der Waals surface area contributed by atoms with Crippen molar-refractivity contribution in [2.24, 2.45) is 0 Å². The number of halogens is 2. The molecule has 0 aromatic heterocycles. The zero-order valence-corrected chi connectivity index (χ0v) is 31.9. The molecule has 0 aromatic rings. The van der Waals surface area contributed by atoms with Crippen molar-refractivity contribution in [2.75, 3.05) is 40.3 Å². The van der Waals surface area contributed by atoms with E-state index in [1.54, 1.807) is 0 Å². The summed E-state index contributed by atoms with van der Waals surface area (Å²) in [5.74, 6) is 0. The normalized spacial score (nSPS) is 11.0. The fourth-order valence-electron chi connectivity index (χ4n) is 6.25. The lowest BCUT2D eigenvalue weighted by Gasteiger charge is -2.37. The van der Waals surface area contributed by atoms with Crippen LogP contribution in [0, 0.1) is 0 Å². The summed E-state index contributed by atoms with van der Waals surface area (Å²) < 4.78 is 1.39. The summed E-state index contributed by atoms with van der Waals surface area (Å²) in [7, 11) is 4.00. The summed E-state index contributed by atoms with van der Waals surface area (Å²) in [6, 6.07) is 0. The topological polar surface area (TPSA) is 16.6 Å². The van der Waals surface area contributed by atoms with E-state index in [0.717, 1.165) is 0 Å². The molecule has 0 aliphatic carbocycles. The number of nitrogens with zero attached hydrogens (tertiary/aromatic N) is 1. The molecule has 260 valence electrons. The lowest BCUT2D eigenvalue weighted by atomic mass is 10.0. The minimum atomic E-state index is 0. The van der Waals surface area contributed by atoms with Gasteiger partial charge in [-0.15, -0.1) is 0 Å². The van der Waals surface area contributed by atoms with Gasteiger partial charge in [0, 0.05) is 0 Å². The second kappa shape index (κ2) is 43.6. The molecule has 0 unspecified atom stereocenters. The van der Waals surface area contributed by atoms with E-state index in [9.17, 15) is 0 Å². The zero-order valence-electron chi connectivity index (χ0n) is 30.4. The molecule has 0 saturated heterocycles. The van der Waals surface area contributed by atoms with Crippen molar-refractivity contribution in [1.29, 1.82) is 0 Å². The van der Waals surface area contributed by atoms with Crippen molar-refractivity contribution in [2.45, 2.75) is 207 Å². The van der Waals surface area contributed by atoms with Crippen LogP contribution in [-0.2, 0) is 0 Å². The van der Waals surface area contributed by atoms with Crippen LogP contribution in [0.5, 0.6) is 0 Å². The molecule has 0 amide bonds. The molecule has 0 aromatic carbocycles. The molecule has 42 heavy (non-hydrogen) atoms. The third-order valence-electron chi connectivity index (χ3n) is 9.31. The Bertz CT molecular complexity index is 395. The second-order valence-electron chi connectivity index (χ2n) is 13.2. The number of nitrogens with two attached hydrogens (primary N) is 1. The summed E-state index contributed by atoms with van der Waals surface area (Å²) in [4.78, 5) is 0. The molecule has 2 nitrogen and oxygen atoms in total. The first-order valence-electron chi connectivity index (χ1n) is 19.2. The third-order valence-corrected chi connectivity index (χ3v) is 9.31. The highest BCUT2D eigenvalue weighted by molar-refractivity contribution is 4.52. The number of rotatable bonds is 32. The fourth-order valence-corrected chi connectivity index (χ4v) is 6.25. The summed E-state index contributed by atoms with van der Waals surface area (Å²) in [5, 5.41) is 2.00. The molecule has 0 rings (SSSR count). The first-order valence-corrected chi connectivity index (χ1v) is 19.2. The quantitative estimate of drug-likeness (QED) is 0.0727. The molecule has 0 radical (unpaired) electrons. The number of unbranched alkanes of at least 4 members (excludes halogenated alkanes) is 26. The summed E-state index contributed by atoms with van der Waals surface area (Å²) in [6.45, 7) is 15.1. The van der Waals surface area contributed by atoms with Crippen molar-refractivity contribution < 1.29 is 34.6 Å². The van der Waals surface area contributed by atoms with Crippen LogP contribution in [0.1, 0.15) is 207 Å². The van der Waals surface area contributed by atoms with Gasteiger partial charge in [0.05, 0.1) is 40.3 Å². The molecule has 4 heteroatoms. The lowest BCUT2D eigenvalue weighted by Crippen LogP contribution is -3.00. The third kappa shape index (κ3) is 38.5. The predicted molar refractivity (Wildman–Crippen MR) is 185 cm³/mol. The second-order valence-corrected chi connectivity index (χ2v) is 13.2. The molecule has 0 aliphatic heterocycles. The molecule has 0 bridgehead atoms. The van der Waals surface area contributed by atoms with Crippen LogP contribution in [0.15, 0.2) is 0 Å². The Labute approximate surface area is 281 Å². The Morgan fingerprint density at radius 1 is 0.310 bits per heavy atom. The van der Waals surface area contributed by atoms with Crippen molar-refractivity contribution in [3.63, 3.8) is 0 Å². The Kier molecular flexibility index (Phi) is 51.3. The standard InChI is InChI=1S/C36H76N.C2H7N.2ClH/c1-5-9-11-13-15-17-19-21-23-25-27-29-31-33-35-37(7-3,8-4)36-34-32-30-28-26-24-22-20-18-16-14-12-10-6-2;1-3-2;;/h5-36H2,1-4H3;3H,1-2H3;2*1H/q+1;;;/p-1. The summed E-state index contributed by atoms with van der Waals surface area (Å²) in [6.07, 6.45) is 41.1. The van der Waals surface area contributed by atoms with Gasteiger partial charge in [0.15, 0.2) is 0 Å². The van der Waals surface area contributed by atoms with Crippen molar-refractivity contribution in [3.8, 4) is 0 Å². The monoisotopic (exact) mass is 639 g/mol. The summed E-state index contributed by atoms with van der Waals surface area (Å²) >= 11 is 0. The highest BCUT2D eigenvalue weighted by Crippen LogP contribution is 2.17. The maximum atomic E-state index is 2.44.